The number of hydrogen-bond donors (Lipinski definition) is 2. The first-order valence-corrected chi connectivity index (χ1v) is 6.51. The number of anilines is 1. The standard InChI is InChI=1S/C13H18N4O3/c1-16(10-3-4-10)7-6-15-11-8-9(13(14)18)2-5-12(11)17(19)20/h2,5,8,10,15H,3-4,6-7H2,1H3,(H2,14,18). The number of amides is 1. The Kier molecular flexibility index (Phi) is 4.19. The smallest absolute Gasteiger partial charge is 0.292 e. The average Bonchev–Trinajstić information content (AvgIpc) is 3.22. The van der Waals surface area contributed by atoms with Gasteiger partial charge in [-0.3, -0.25) is 14.9 Å². The number of nitrogens with zero attached hydrogens (tertiary/aromatic N) is 2. The van der Waals surface area contributed by atoms with Crippen LogP contribution in [0.1, 0.15) is 23.2 Å². The molecule has 1 aliphatic carbocycles. The molecule has 0 saturated heterocycles. The van der Waals surface area contributed by atoms with Crippen LogP contribution in [0.15, 0.2) is 18.2 Å². The highest BCUT2D eigenvalue weighted by molar-refractivity contribution is 5.94. The summed E-state index contributed by atoms with van der Waals surface area (Å²) in [5.74, 6) is -0.599. The molecule has 0 aliphatic heterocycles. The fourth-order valence-corrected chi connectivity index (χ4v) is 2.05. The van der Waals surface area contributed by atoms with Crippen LogP contribution in [0.25, 0.3) is 0 Å². The molecule has 20 heavy (non-hydrogen) atoms. The van der Waals surface area contributed by atoms with Crippen molar-refractivity contribution in [1.82, 2.24) is 4.90 Å². The van der Waals surface area contributed by atoms with Crippen molar-refractivity contribution in [2.45, 2.75) is 18.9 Å². The number of hydrogen-bond acceptors (Lipinski definition) is 5. The van der Waals surface area contributed by atoms with E-state index in [0.717, 1.165) is 6.54 Å². The van der Waals surface area contributed by atoms with Gasteiger partial charge in [-0.25, -0.2) is 0 Å². The number of benzene rings is 1. The molecule has 108 valence electrons. The van der Waals surface area contributed by atoms with Gasteiger partial charge in [0, 0.05) is 30.8 Å². The molecular formula is C13H18N4O3. The molecule has 0 radical (unpaired) electrons. The topological polar surface area (TPSA) is 102 Å². The second-order valence-electron chi connectivity index (χ2n) is 4.99. The minimum atomic E-state index is -0.599. The van der Waals surface area contributed by atoms with E-state index in [4.69, 9.17) is 5.73 Å². The van der Waals surface area contributed by atoms with Crippen LogP contribution in [0.4, 0.5) is 11.4 Å². The lowest BCUT2D eigenvalue weighted by molar-refractivity contribution is -0.384. The third-order valence-corrected chi connectivity index (χ3v) is 3.43. The minimum absolute atomic E-state index is 0.0518. The molecule has 0 bridgehead atoms. The van der Waals surface area contributed by atoms with E-state index in [9.17, 15) is 14.9 Å². The van der Waals surface area contributed by atoms with Crippen LogP contribution in [-0.2, 0) is 0 Å². The summed E-state index contributed by atoms with van der Waals surface area (Å²) in [6.07, 6.45) is 2.43. The maximum Gasteiger partial charge on any atom is 0.292 e. The van der Waals surface area contributed by atoms with Crippen molar-refractivity contribution in [1.29, 1.82) is 0 Å². The van der Waals surface area contributed by atoms with Crippen molar-refractivity contribution < 1.29 is 9.72 Å². The van der Waals surface area contributed by atoms with Crippen molar-refractivity contribution in [2.75, 3.05) is 25.5 Å². The molecule has 2 rings (SSSR count). The predicted molar refractivity (Wildman–Crippen MR) is 75.8 cm³/mol. The second-order valence-corrected chi connectivity index (χ2v) is 4.99. The summed E-state index contributed by atoms with van der Waals surface area (Å²) in [7, 11) is 2.04. The Balaban J connectivity index is 2.04. The van der Waals surface area contributed by atoms with Crippen molar-refractivity contribution in [3.63, 3.8) is 0 Å². The molecular weight excluding hydrogens is 260 g/mol. The molecule has 1 fully saturated rings. The van der Waals surface area contributed by atoms with E-state index in [0.29, 0.717) is 18.3 Å². The zero-order valence-corrected chi connectivity index (χ0v) is 11.3. The third-order valence-electron chi connectivity index (χ3n) is 3.43. The van der Waals surface area contributed by atoms with Crippen LogP contribution >= 0.6 is 0 Å². The van der Waals surface area contributed by atoms with Crippen LogP contribution in [0.3, 0.4) is 0 Å². The Labute approximate surface area is 116 Å². The Morgan fingerprint density at radius 1 is 1.55 bits per heavy atom. The van der Waals surface area contributed by atoms with Gasteiger partial charge >= 0.3 is 0 Å². The van der Waals surface area contributed by atoms with Crippen LogP contribution < -0.4 is 11.1 Å². The first kappa shape index (κ1) is 14.3. The summed E-state index contributed by atoms with van der Waals surface area (Å²) in [6, 6.07) is 4.73. The van der Waals surface area contributed by atoms with Crippen molar-refractivity contribution in [3.05, 3.63) is 33.9 Å². The van der Waals surface area contributed by atoms with Crippen LogP contribution in [0.2, 0.25) is 0 Å². The van der Waals surface area contributed by atoms with E-state index in [-0.39, 0.29) is 11.3 Å². The summed E-state index contributed by atoms with van der Waals surface area (Å²) in [6.45, 7) is 1.37. The highest BCUT2D eigenvalue weighted by Gasteiger charge is 2.25. The number of carbonyl (C=O) groups excluding carboxylic acids is 1. The lowest BCUT2D eigenvalue weighted by Gasteiger charge is -2.16. The third kappa shape index (κ3) is 3.45. The van der Waals surface area contributed by atoms with Crippen molar-refractivity contribution in [2.24, 2.45) is 5.73 Å². The number of nitro groups is 1. The summed E-state index contributed by atoms with van der Waals surface area (Å²) in [4.78, 5) is 23.8. The van der Waals surface area contributed by atoms with E-state index >= 15 is 0 Å². The fraction of sp³-hybridized carbons (Fsp3) is 0.462. The summed E-state index contributed by atoms with van der Waals surface area (Å²) in [5.41, 5.74) is 5.72. The van der Waals surface area contributed by atoms with Gasteiger partial charge < -0.3 is 16.0 Å². The molecule has 0 unspecified atom stereocenters. The molecule has 0 heterocycles. The maximum absolute atomic E-state index is 11.1. The van der Waals surface area contributed by atoms with Gasteiger partial charge in [-0.2, -0.15) is 0 Å². The highest BCUT2D eigenvalue weighted by atomic mass is 16.6. The number of nitrogens with one attached hydrogen (secondary N) is 1. The Hall–Kier alpha value is -2.15. The number of nitrogens with two attached hydrogens (primary N) is 1. The van der Waals surface area contributed by atoms with Gasteiger partial charge in [0.15, 0.2) is 0 Å². The zero-order valence-electron chi connectivity index (χ0n) is 11.3. The number of rotatable bonds is 7. The van der Waals surface area contributed by atoms with Crippen LogP contribution in [-0.4, -0.2) is 41.9 Å². The zero-order chi connectivity index (χ0) is 14.7. The second kappa shape index (κ2) is 5.87. The first-order chi connectivity index (χ1) is 9.49. The Morgan fingerprint density at radius 3 is 2.80 bits per heavy atom. The molecule has 3 N–H and O–H groups in total. The predicted octanol–water partition coefficient (Wildman–Crippen LogP) is 1.20. The van der Waals surface area contributed by atoms with Gasteiger partial charge in [0.2, 0.25) is 5.91 Å². The van der Waals surface area contributed by atoms with E-state index in [1.165, 1.54) is 31.0 Å². The van der Waals surface area contributed by atoms with Crippen molar-refractivity contribution in [3.8, 4) is 0 Å². The molecule has 1 aromatic carbocycles. The lowest BCUT2D eigenvalue weighted by Crippen LogP contribution is -2.27. The van der Waals surface area contributed by atoms with E-state index < -0.39 is 10.8 Å². The van der Waals surface area contributed by atoms with Gasteiger partial charge in [-0.1, -0.05) is 0 Å². The Bertz CT molecular complexity index is 528. The summed E-state index contributed by atoms with van der Waals surface area (Å²) in [5, 5.41) is 14.0. The quantitative estimate of drug-likeness (QED) is 0.576. The molecule has 0 spiro atoms. The fourth-order valence-electron chi connectivity index (χ4n) is 2.05. The van der Waals surface area contributed by atoms with Crippen LogP contribution in [0, 0.1) is 10.1 Å². The molecule has 1 aromatic rings. The number of nitro benzene ring substituents is 1. The summed E-state index contributed by atoms with van der Waals surface area (Å²) >= 11 is 0. The van der Waals surface area contributed by atoms with Gasteiger partial charge in [-0.05, 0) is 32.0 Å². The lowest BCUT2D eigenvalue weighted by atomic mass is 10.1. The number of likely N-dealkylation sites (N-methyl/N-ethyl adjacent to an activating group) is 1. The highest BCUT2D eigenvalue weighted by Crippen LogP contribution is 2.26. The molecule has 7 nitrogen and oxygen atoms in total. The summed E-state index contributed by atoms with van der Waals surface area (Å²) < 4.78 is 0. The number of carbonyl (C=O) groups is 1. The van der Waals surface area contributed by atoms with E-state index in [1.54, 1.807) is 0 Å². The minimum Gasteiger partial charge on any atom is -0.378 e. The average molecular weight is 278 g/mol. The normalized spacial score (nSPS) is 14.3. The largest absolute Gasteiger partial charge is 0.378 e. The van der Waals surface area contributed by atoms with Crippen molar-refractivity contribution >= 4 is 17.3 Å². The SMILES string of the molecule is CN(CCNc1cc(C(N)=O)ccc1[N+](=O)[O-])C1CC1. The van der Waals surface area contributed by atoms with Gasteiger partial charge in [0.05, 0.1) is 4.92 Å². The Morgan fingerprint density at radius 2 is 2.25 bits per heavy atom. The number of primary amides is 1. The van der Waals surface area contributed by atoms with Crippen LogP contribution in [0.5, 0.6) is 0 Å². The van der Waals surface area contributed by atoms with Gasteiger partial charge in [0.1, 0.15) is 5.69 Å². The van der Waals surface area contributed by atoms with Gasteiger partial charge in [-0.15, -0.1) is 0 Å². The molecule has 0 aromatic heterocycles. The molecule has 7 heteroatoms. The molecule has 1 amide bonds. The molecule has 0 atom stereocenters. The monoisotopic (exact) mass is 278 g/mol. The first-order valence-electron chi connectivity index (χ1n) is 6.51. The van der Waals surface area contributed by atoms with E-state index in [1.807, 2.05) is 7.05 Å². The molecule has 1 aliphatic rings. The van der Waals surface area contributed by atoms with E-state index in [2.05, 4.69) is 10.2 Å². The molecule has 1 saturated carbocycles. The van der Waals surface area contributed by atoms with Gasteiger partial charge in [0.25, 0.3) is 5.69 Å². The maximum atomic E-state index is 11.1.